The van der Waals surface area contributed by atoms with Gasteiger partial charge in [0, 0.05) is 11.6 Å². The molecule has 0 aliphatic carbocycles. The number of amides is 2. The highest BCUT2D eigenvalue weighted by Gasteiger charge is 2.41. The zero-order chi connectivity index (χ0) is 21.1. The molecule has 2 aromatic rings. The molecule has 2 aliphatic heterocycles. The molecule has 9 heteroatoms. The molecule has 0 saturated carbocycles. The molecule has 0 spiro atoms. The Morgan fingerprint density at radius 3 is 2.67 bits per heavy atom. The van der Waals surface area contributed by atoms with Gasteiger partial charge in [-0.15, -0.1) is 0 Å². The Bertz CT molecular complexity index is 948. The number of hydrogen-bond acceptors (Lipinski definition) is 6. The molecule has 2 aromatic carbocycles. The number of rotatable bonds is 6. The van der Waals surface area contributed by atoms with Gasteiger partial charge in [-0.1, -0.05) is 35.9 Å². The SMILES string of the molecule is COc1ccc(C2CC3C(=O)N(CC(=O)NCc4ccc(Cl)cc4)N=CN3N2)cc1. The van der Waals surface area contributed by atoms with Crippen LogP contribution in [-0.2, 0) is 16.1 Å². The molecule has 2 unspecified atom stereocenters. The Morgan fingerprint density at radius 1 is 1.23 bits per heavy atom. The van der Waals surface area contributed by atoms with Gasteiger partial charge in [-0.05, 0) is 41.8 Å². The minimum absolute atomic E-state index is 0.0185. The van der Waals surface area contributed by atoms with E-state index in [1.807, 2.05) is 36.4 Å². The second-order valence-electron chi connectivity index (χ2n) is 7.14. The van der Waals surface area contributed by atoms with Gasteiger partial charge < -0.3 is 10.1 Å². The second-order valence-corrected chi connectivity index (χ2v) is 7.58. The van der Waals surface area contributed by atoms with Crippen LogP contribution in [0, 0.1) is 0 Å². The number of ether oxygens (including phenoxy) is 1. The van der Waals surface area contributed by atoms with E-state index in [0.717, 1.165) is 16.9 Å². The van der Waals surface area contributed by atoms with Crippen LogP contribution < -0.4 is 15.5 Å². The number of halogens is 1. The molecule has 2 amide bonds. The van der Waals surface area contributed by atoms with E-state index in [0.29, 0.717) is 18.0 Å². The summed E-state index contributed by atoms with van der Waals surface area (Å²) in [5, 5.41) is 10.5. The number of benzene rings is 2. The van der Waals surface area contributed by atoms with Crippen LogP contribution in [0.2, 0.25) is 5.02 Å². The van der Waals surface area contributed by atoms with Crippen LogP contribution in [0.15, 0.2) is 53.6 Å². The number of carbonyl (C=O) groups is 2. The van der Waals surface area contributed by atoms with Gasteiger partial charge in [0.2, 0.25) is 5.91 Å². The fraction of sp³-hybridized carbons (Fsp3) is 0.286. The van der Waals surface area contributed by atoms with Crippen LogP contribution >= 0.6 is 11.6 Å². The van der Waals surface area contributed by atoms with E-state index in [-0.39, 0.29) is 24.4 Å². The summed E-state index contributed by atoms with van der Waals surface area (Å²) in [5.41, 5.74) is 5.27. The number of nitrogens with one attached hydrogen (secondary N) is 2. The number of carbonyl (C=O) groups excluding carboxylic acids is 2. The van der Waals surface area contributed by atoms with Crippen LogP contribution in [0.1, 0.15) is 23.6 Å². The Labute approximate surface area is 179 Å². The maximum atomic E-state index is 12.8. The second kappa shape index (κ2) is 8.73. The molecule has 1 saturated heterocycles. The van der Waals surface area contributed by atoms with Gasteiger partial charge in [0.05, 0.1) is 13.2 Å². The highest BCUT2D eigenvalue weighted by molar-refractivity contribution is 6.30. The molecule has 0 radical (unpaired) electrons. The van der Waals surface area contributed by atoms with Gasteiger partial charge in [-0.25, -0.2) is 10.4 Å². The molecular weight excluding hydrogens is 406 g/mol. The topological polar surface area (TPSA) is 86.3 Å². The smallest absolute Gasteiger partial charge is 0.267 e. The number of hydrazone groups is 1. The van der Waals surface area contributed by atoms with Crippen LogP contribution in [-0.4, -0.2) is 47.9 Å². The zero-order valence-electron chi connectivity index (χ0n) is 16.4. The van der Waals surface area contributed by atoms with Crippen molar-refractivity contribution in [1.29, 1.82) is 0 Å². The zero-order valence-corrected chi connectivity index (χ0v) is 17.2. The average Bonchev–Trinajstić information content (AvgIpc) is 3.21. The summed E-state index contributed by atoms with van der Waals surface area (Å²) >= 11 is 5.86. The molecule has 0 bridgehead atoms. The number of methoxy groups -OCH3 is 1. The van der Waals surface area contributed by atoms with Crippen molar-refractivity contribution >= 4 is 29.8 Å². The first-order chi connectivity index (χ1) is 14.5. The highest BCUT2D eigenvalue weighted by atomic mass is 35.5. The summed E-state index contributed by atoms with van der Waals surface area (Å²) in [7, 11) is 1.62. The molecule has 156 valence electrons. The van der Waals surface area contributed by atoms with Gasteiger partial charge in [0.1, 0.15) is 24.7 Å². The minimum Gasteiger partial charge on any atom is -0.497 e. The van der Waals surface area contributed by atoms with Crippen molar-refractivity contribution in [3.8, 4) is 5.75 Å². The molecule has 2 atom stereocenters. The summed E-state index contributed by atoms with van der Waals surface area (Å²) in [5.74, 6) is 0.298. The van der Waals surface area contributed by atoms with E-state index in [1.54, 1.807) is 30.6 Å². The summed E-state index contributed by atoms with van der Waals surface area (Å²) in [6.07, 6.45) is 2.14. The molecule has 30 heavy (non-hydrogen) atoms. The predicted molar refractivity (Wildman–Crippen MR) is 113 cm³/mol. The van der Waals surface area contributed by atoms with Crippen molar-refractivity contribution in [2.45, 2.75) is 25.0 Å². The molecule has 0 aromatic heterocycles. The Hall–Kier alpha value is -3.10. The fourth-order valence-electron chi connectivity index (χ4n) is 3.50. The van der Waals surface area contributed by atoms with Crippen molar-refractivity contribution in [1.82, 2.24) is 20.8 Å². The standard InChI is InChI=1S/C21H22ClN5O3/c1-30-17-8-4-15(5-9-17)18-10-19-21(29)26(24-13-27(19)25-18)12-20(28)23-11-14-2-6-16(22)7-3-14/h2-9,13,18-19,25H,10-12H2,1H3,(H,23,28). The summed E-state index contributed by atoms with van der Waals surface area (Å²) in [6.45, 7) is 0.235. The molecule has 4 rings (SSSR count). The molecular formula is C21H22ClN5O3. The third-order valence-electron chi connectivity index (χ3n) is 5.17. The van der Waals surface area contributed by atoms with Gasteiger partial charge in [-0.2, -0.15) is 5.10 Å². The quantitative estimate of drug-likeness (QED) is 0.737. The molecule has 1 fully saturated rings. The molecule has 8 nitrogen and oxygen atoms in total. The highest BCUT2D eigenvalue weighted by Crippen LogP contribution is 2.30. The maximum absolute atomic E-state index is 12.8. The largest absolute Gasteiger partial charge is 0.497 e. The van der Waals surface area contributed by atoms with E-state index >= 15 is 0 Å². The molecule has 2 N–H and O–H groups in total. The number of fused-ring (bicyclic) bond motifs is 1. The predicted octanol–water partition coefficient (Wildman–Crippen LogP) is 2.07. The first kappa shape index (κ1) is 20.2. The number of hydrazine groups is 1. The first-order valence-electron chi connectivity index (χ1n) is 9.58. The Morgan fingerprint density at radius 2 is 1.97 bits per heavy atom. The average molecular weight is 428 g/mol. The van der Waals surface area contributed by atoms with Crippen molar-refractivity contribution < 1.29 is 14.3 Å². The van der Waals surface area contributed by atoms with Gasteiger partial charge in [0.25, 0.3) is 5.91 Å². The first-order valence-corrected chi connectivity index (χ1v) is 9.96. The maximum Gasteiger partial charge on any atom is 0.267 e. The van der Waals surface area contributed by atoms with Crippen LogP contribution in [0.4, 0.5) is 0 Å². The van der Waals surface area contributed by atoms with E-state index in [2.05, 4.69) is 15.8 Å². The van der Waals surface area contributed by atoms with E-state index < -0.39 is 6.04 Å². The van der Waals surface area contributed by atoms with E-state index in [9.17, 15) is 9.59 Å². The van der Waals surface area contributed by atoms with Crippen LogP contribution in [0.3, 0.4) is 0 Å². The van der Waals surface area contributed by atoms with Gasteiger partial charge >= 0.3 is 0 Å². The normalized spacial score (nSPS) is 20.3. The van der Waals surface area contributed by atoms with Gasteiger partial charge in [-0.3, -0.25) is 14.6 Å². The van der Waals surface area contributed by atoms with E-state index in [4.69, 9.17) is 16.3 Å². The number of hydrogen-bond donors (Lipinski definition) is 2. The van der Waals surface area contributed by atoms with Crippen molar-refractivity contribution in [3.63, 3.8) is 0 Å². The van der Waals surface area contributed by atoms with Crippen molar-refractivity contribution in [2.24, 2.45) is 5.10 Å². The lowest BCUT2D eigenvalue weighted by atomic mass is 10.0. The van der Waals surface area contributed by atoms with Crippen LogP contribution in [0.5, 0.6) is 5.75 Å². The molecule has 2 aliphatic rings. The fourth-order valence-corrected chi connectivity index (χ4v) is 3.63. The summed E-state index contributed by atoms with van der Waals surface area (Å²) in [6, 6.07) is 14.5. The molecule has 2 heterocycles. The third-order valence-corrected chi connectivity index (χ3v) is 5.42. The number of nitrogens with zero attached hydrogens (tertiary/aromatic N) is 3. The van der Waals surface area contributed by atoms with Gasteiger partial charge in [0.15, 0.2) is 0 Å². The van der Waals surface area contributed by atoms with Crippen LogP contribution in [0.25, 0.3) is 0 Å². The summed E-state index contributed by atoms with van der Waals surface area (Å²) < 4.78 is 5.19. The third kappa shape index (κ3) is 4.39. The van der Waals surface area contributed by atoms with E-state index in [1.165, 1.54) is 5.01 Å². The Kier molecular flexibility index (Phi) is 5.87. The lowest BCUT2D eigenvalue weighted by molar-refractivity contribution is -0.140. The lowest BCUT2D eigenvalue weighted by Crippen LogP contribution is -2.52. The van der Waals surface area contributed by atoms with Crippen molar-refractivity contribution in [2.75, 3.05) is 13.7 Å². The monoisotopic (exact) mass is 427 g/mol. The lowest BCUT2D eigenvalue weighted by Gasteiger charge is -2.29. The Balaban J connectivity index is 1.33. The van der Waals surface area contributed by atoms with Crippen molar-refractivity contribution in [3.05, 3.63) is 64.7 Å². The summed E-state index contributed by atoms with van der Waals surface area (Å²) in [4.78, 5) is 25.1. The minimum atomic E-state index is -0.404.